The highest BCUT2D eigenvalue weighted by molar-refractivity contribution is 5.78. The van der Waals surface area contributed by atoms with Crippen molar-refractivity contribution < 1.29 is 14.9 Å². The van der Waals surface area contributed by atoms with Crippen LogP contribution in [0.5, 0.6) is 0 Å². The molecule has 3 aliphatic carbocycles. The van der Waals surface area contributed by atoms with Gasteiger partial charge in [-0.25, -0.2) is 9.97 Å². The van der Waals surface area contributed by atoms with Crippen molar-refractivity contribution in [2.24, 2.45) is 11.3 Å². The summed E-state index contributed by atoms with van der Waals surface area (Å²) in [6.45, 7) is 2.47. The van der Waals surface area contributed by atoms with E-state index in [9.17, 15) is 10.2 Å². The maximum atomic E-state index is 11.1. The summed E-state index contributed by atoms with van der Waals surface area (Å²) in [5.41, 5.74) is 3.87. The number of rotatable bonds is 2. The molecular weight excluding hydrogens is 438 g/mol. The summed E-state index contributed by atoms with van der Waals surface area (Å²) in [5, 5.41) is 23.1. The van der Waals surface area contributed by atoms with E-state index >= 15 is 0 Å². The average molecular weight is 474 g/mol. The number of nitrogens with zero attached hydrogens (tertiary/aromatic N) is 3. The van der Waals surface area contributed by atoms with Crippen LogP contribution >= 0.6 is 0 Å². The van der Waals surface area contributed by atoms with Gasteiger partial charge < -0.3 is 19.8 Å². The number of aliphatic hydroxyl groups is 2. The van der Waals surface area contributed by atoms with Crippen molar-refractivity contribution in [2.75, 3.05) is 14.1 Å². The minimum atomic E-state index is -0.877. The second-order valence-corrected chi connectivity index (χ2v) is 12.1. The zero-order chi connectivity index (χ0) is 24.2. The second kappa shape index (κ2) is 7.22. The number of ether oxygens (including phenoxy) is 1. The Hall–Kier alpha value is -2.12. The molecule has 3 fully saturated rings. The molecule has 2 aromatic rings. The van der Waals surface area contributed by atoms with Gasteiger partial charge in [0.2, 0.25) is 0 Å². The third-order valence-corrected chi connectivity index (χ3v) is 10.4. The lowest BCUT2D eigenvalue weighted by atomic mass is 9.58. The van der Waals surface area contributed by atoms with Crippen molar-refractivity contribution >= 4 is 10.9 Å². The Morgan fingerprint density at radius 2 is 2.00 bits per heavy atom. The Balaban J connectivity index is 1.29. The third kappa shape index (κ3) is 2.80. The van der Waals surface area contributed by atoms with E-state index in [0.29, 0.717) is 11.8 Å². The Morgan fingerprint density at radius 1 is 1.14 bits per heavy atom. The molecule has 7 rings (SSSR count). The lowest BCUT2D eigenvalue weighted by Gasteiger charge is -2.56. The van der Waals surface area contributed by atoms with Crippen molar-refractivity contribution in [1.82, 2.24) is 14.9 Å². The first-order chi connectivity index (χ1) is 16.8. The minimum absolute atomic E-state index is 0.109. The quantitative estimate of drug-likeness (QED) is 0.692. The average Bonchev–Trinajstić information content (AvgIpc) is 3.37. The van der Waals surface area contributed by atoms with E-state index in [2.05, 4.69) is 47.2 Å². The smallest absolute Gasteiger partial charge is 0.116 e. The molecule has 2 saturated carbocycles. The third-order valence-electron chi connectivity index (χ3n) is 10.4. The van der Waals surface area contributed by atoms with Crippen LogP contribution in [0.25, 0.3) is 10.9 Å². The minimum Gasteiger partial charge on any atom is -0.388 e. The number of benzene rings is 1. The summed E-state index contributed by atoms with van der Waals surface area (Å²) in [7, 11) is 3.97. The zero-order valence-corrected chi connectivity index (χ0v) is 20.8. The van der Waals surface area contributed by atoms with Gasteiger partial charge in [-0.05, 0) is 98.7 Å². The first-order valence-corrected chi connectivity index (χ1v) is 13.1. The highest BCUT2D eigenvalue weighted by atomic mass is 16.5. The molecule has 184 valence electrons. The number of hydrogen-bond donors (Lipinski definition) is 2. The van der Waals surface area contributed by atoms with Crippen LogP contribution in [0.15, 0.2) is 54.0 Å². The number of aliphatic hydroxyl groups excluding tert-OH is 2. The summed E-state index contributed by atoms with van der Waals surface area (Å²) in [4.78, 5) is 10.7. The van der Waals surface area contributed by atoms with E-state index in [1.54, 1.807) is 6.33 Å². The van der Waals surface area contributed by atoms with Gasteiger partial charge in [0.25, 0.3) is 0 Å². The number of likely N-dealkylation sites (N-methyl/N-ethyl adjacent to an activating group) is 1. The largest absolute Gasteiger partial charge is 0.388 e. The lowest BCUT2D eigenvalue weighted by molar-refractivity contribution is -0.165. The first kappa shape index (κ1) is 22.1. The summed E-state index contributed by atoms with van der Waals surface area (Å²) < 4.78 is 7.26. The first-order valence-electron chi connectivity index (χ1n) is 13.1. The van der Waals surface area contributed by atoms with E-state index in [1.165, 1.54) is 11.1 Å². The van der Waals surface area contributed by atoms with E-state index in [-0.39, 0.29) is 17.1 Å². The van der Waals surface area contributed by atoms with Crippen LogP contribution in [0.1, 0.15) is 56.9 Å². The summed E-state index contributed by atoms with van der Waals surface area (Å²) in [6, 6.07) is 6.58. The molecule has 5 aliphatic rings. The molecular formula is C29H35N3O3. The van der Waals surface area contributed by atoms with Crippen LogP contribution < -0.4 is 0 Å². The number of fused-ring (bicyclic) bond motifs is 2. The van der Waals surface area contributed by atoms with Gasteiger partial charge in [-0.2, -0.15) is 0 Å². The molecule has 3 heterocycles. The molecule has 35 heavy (non-hydrogen) atoms. The molecule has 2 aliphatic heterocycles. The zero-order valence-electron chi connectivity index (χ0n) is 20.8. The van der Waals surface area contributed by atoms with Crippen LogP contribution in [-0.4, -0.2) is 68.6 Å². The van der Waals surface area contributed by atoms with E-state index in [0.717, 1.165) is 55.0 Å². The molecule has 6 heteroatoms. The fourth-order valence-electron chi connectivity index (χ4n) is 8.68. The van der Waals surface area contributed by atoms with Gasteiger partial charge in [0.15, 0.2) is 0 Å². The van der Waals surface area contributed by atoms with E-state index in [1.807, 2.05) is 25.2 Å². The van der Waals surface area contributed by atoms with Crippen molar-refractivity contribution in [2.45, 2.75) is 80.8 Å². The molecule has 1 aromatic heterocycles. The van der Waals surface area contributed by atoms with Gasteiger partial charge in [-0.1, -0.05) is 25.1 Å². The lowest BCUT2D eigenvalue weighted by Crippen LogP contribution is -2.61. The van der Waals surface area contributed by atoms with E-state index in [4.69, 9.17) is 4.74 Å². The Labute approximate surface area is 206 Å². The maximum absolute atomic E-state index is 11.1. The van der Waals surface area contributed by atoms with Crippen LogP contribution in [-0.2, 0) is 4.74 Å². The number of hydrogen-bond acceptors (Lipinski definition) is 6. The van der Waals surface area contributed by atoms with Gasteiger partial charge in [0, 0.05) is 17.6 Å². The highest BCUT2D eigenvalue weighted by Crippen LogP contribution is 2.69. The van der Waals surface area contributed by atoms with Crippen LogP contribution in [0, 0.1) is 11.3 Å². The molecule has 0 radical (unpaired) electrons. The van der Waals surface area contributed by atoms with Crippen molar-refractivity contribution in [1.29, 1.82) is 0 Å². The van der Waals surface area contributed by atoms with Crippen LogP contribution in [0.2, 0.25) is 0 Å². The maximum Gasteiger partial charge on any atom is 0.116 e. The normalized spacial score (nSPS) is 44.0. The molecule has 1 saturated heterocycles. The SMILES string of the molecule is CN(C)[C@H]1C[C@@]23CC[C@@]4(O2)C(=CC[C@]2(C)[C@@H](c5ccc6ncncc6c5)CC[C@H]24)C=C3[C@@H](O)[C@@H]1O. The van der Waals surface area contributed by atoms with Gasteiger partial charge in [-0.15, -0.1) is 0 Å². The van der Waals surface area contributed by atoms with Gasteiger partial charge in [0.05, 0.1) is 22.8 Å². The fraction of sp³-hybridized carbons (Fsp3) is 0.586. The van der Waals surface area contributed by atoms with Gasteiger partial charge in [0.1, 0.15) is 12.4 Å². The van der Waals surface area contributed by atoms with Gasteiger partial charge >= 0.3 is 0 Å². The molecule has 0 amide bonds. The predicted octanol–water partition coefficient (Wildman–Crippen LogP) is 3.74. The second-order valence-electron chi connectivity index (χ2n) is 12.1. The Kier molecular flexibility index (Phi) is 4.56. The van der Waals surface area contributed by atoms with Crippen LogP contribution in [0.4, 0.5) is 0 Å². The monoisotopic (exact) mass is 473 g/mol. The van der Waals surface area contributed by atoms with Crippen molar-refractivity contribution in [3.8, 4) is 0 Å². The van der Waals surface area contributed by atoms with Crippen molar-refractivity contribution in [3.05, 3.63) is 59.6 Å². The molecule has 6 nitrogen and oxygen atoms in total. The molecule has 2 N–H and O–H groups in total. The predicted molar refractivity (Wildman–Crippen MR) is 134 cm³/mol. The molecule has 2 bridgehead atoms. The van der Waals surface area contributed by atoms with Crippen LogP contribution in [0.3, 0.4) is 0 Å². The Bertz CT molecular complexity index is 1270. The standard InChI is InChI=1S/C29H35N3O3/c1-27-9-8-19-13-21-25(33)26(34)23(32(2)3)14-28(21)10-11-29(19,35-28)24(27)7-5-20(27)17-4-6-22-18(12-17)15-30-16-31-22/h4,6,8,12-13,15-16,20,23-26,33-34H,5,7,9-11,14H2,1-3H3/t20-,23+,24-,25-,26-,27-,28-,29-/m1/s1. The summed E-state index contributed by atoms with van der Waals surface area (Å²) >= 11 is 0. The highest BCUT2D eigenvalue weighted by Gasteiger charge is 2.68. The molecule has 2 spiro atoms. The topological polar surface area (TPSA) is 78.7 Å². The number of aromatic nitrogens is 2. The van der Waals surface area contributed by atoms with Gasteiger partial charge in [-0.3, -0.25) is 0 Å². The van der Waals surface area contributed by atoms with Crippen molar-refractivity contribution in [3.63, 3.8) is 0 Å². The van der Waals surface area contributed by atoms with E-state index < -0.39 is 17.8 Å². The molecule has 8 atom stereocenters. The Morgan fingerprint density at radius 3 is 2.83 bits per heavy atom. The summed E-state index contributed by atoms with van der Waals surface area (Å²) in [5.74, 6) is 0.893. The summed E-state index contributed by atoms with van der Waals surface area (Å²) in [6.07, 6.45) is 12.4. The molecule has 0 unspecified atom stereocenters. The number of allylic oxidation sites excluding steroid dienone is 1. The molecule has 1 aromatic carbocycles. The fourth-order valence-corrected chi connectivity index (χ4v) is 8.68.